The van der Waals surface area contributed by atoms with Crippen LogP contribution in [0.5, 0.6) is 0 Å². The number of carboxylic acid groups (broad SMARTS) is 1. The van der Waals surface area contributed by atoms with Crippen molar-refractivity contribution in [1.82, 2.24) is 0 Å². The molecule has 116 valence electrons. The van der Waals surface area contributed by atoms with Gasteiger partial charge in [-0.1, -0.05) is 12.2 Å². The molecule has 0 aromatic carbocycles. The monoisotopic (exact) mass is 321 g/mol. The summed E-state index contributed by atoms with van der Waals surface area (Å²) in [5.74, 6) is -3.25. The molecule has 4 atom stereocenters. The van der Waals surface area contributed by atoms with Crippen LogP contribution in [0.2, 0.25) is 0 Å². The van der Waals surface area contributed by atoms with Crippen LogP contribution in [0.1, 0.15) is 16.1 Å². The summed E-state index contributed by atoms with van der Waals surface area (Å²) in [4.78, 5) is 35.9. The highest BCUT2D eigenvalue weighted by molar-refractivity contribution is 7.12. The second kappa shape index (κ2) is 5.57. The fourth-order valence-corrected chi connectivity index (χ4v) is 4.16. The fraction of sp³-hybridized carbons (Fsp3) is 0.400. The fourth-order valence-electron chi connectivity index (χ4n) is 3.39. The Morgan fingerprint density at radius 1 is 1.27 bits per heavy atom. The van der Waals surface area contributed by atoms with E-state index in [2.05, 4.69) is 10.1 Å². The zero-order chi connectivity index (χ0) is 15.9. The Bertz CT molecular complexity index is 665. The van der Waals surface area contributed by atoms with Crippen molar-refractivity contribution >= 4 is 34.9 Å². The van der Waals surface area contributed by atoms with E-state index in [9.17, 15) is 19.5 Å². The number of esters is 1. The summed E-state index contributed by atoms with van der Waals surface area (Å²) in [6.07, 6.45) is 4.50. The maximum atomic E-state index is 12.5. The number of anilines is 1. The van der Waals surface area contributed by atoms with Crippen LogP contribution >= 0.6 is 11.3 Å². The van der Waals surface area contributed by atoms with Crippen molar-refractivity contribution < 1.29 is 24.2 Å². The first-order chi connectivity index (χ1) is 10.5. The molecule has 2 N–H and O–H groups in total. The third kappa shape index (κ3) is 2.31. The highest BCUT2D eigenvalue weighted by Gasteiger charge is 2.51. The number of carboxylic acids is 1. The summed E-state index contributed by atoms with van der Waals surface area (Å²) >= 11 is 1.17. The number of hydrogen-bond donors (Lipinski definition) is 2. The van der Waals surface area contributed by atoms with Crippen LogP contribution in [-0.2, 0) is 14.3 Å². The van der Waals surface area contributed by atoms with Gasteiger partial charge in [-0.2, -0.15) is 0 Å². The van der Waals surface area contributed by atoms with Crippen LogP contribution in [0.25, 0.3) is 0 Å². The smallest absolute Gasteiger partial charge is 0.350 e. The lowest BCUT2D eigenvalue weighted by molar-refractivity contribution is -0.146. The molecule has 1 amide bonds. The van der Waals surface area contributed by atoms with Crippen molar-refractivity contribution in [2.24, 2.45) is 23.7 Å². The maximum absolute atomic E-state index is 12.5. The van der Waals surface area contributed by atoms with Gasteiger partial charge in [-0.15, -0.1) is 11.3 Å². The maximum Gasteiger partial charge on any atom is 0.350 e. The average molecular weight is 321 g/mol. The van der Waals surface area contributed by atoms with Gasteiger partial charge in [0.05, 0.1) is 24.6 Å². The molecule has 1 saturated carbocycles. The molecule has 6 nitrogen and oxygen atoms in total. The number of amides is 1. The van der Waals surface area contributed by atoms with Gasteiger partial charge in [-0.3, -0.25) is 9.59 Å². The summed E-state index contributed by atoms with van der Waals surface area (Å²) in [5, 5.41) is 13.7. The van der Waals surface area contributed by atoms with Crippen LogP contribution in [0.15, 0.2) is 23.6 Å². The number of nitrogens with one attached hydrogen (secondary N) is 1. The van der Waals surface area contributed by atoms with E-state index in [1.165, 1.54) is 18.4 Å². The molecule has 0 spiro atoms. The van der Waals surface area contributed by atoms with Gasteiger partial charge in [0, 0.05) is 0 Å². The Hall–Kier alpha value is -2.15. The second-order valence-corrected chi connectivity index (χ2v) is 6.40. The first kappa shape index (κ1) is 14.8. The summed E-state index contributed by atoms with van der Waals surface area (Å²) < 4.78 is 4.67. The molecule has 0 saturated heterocycles. The molecule has 1 aromatic rings. The quantitative estimate of drug-likeness (QED) is 0.653. The lowest BCUT2D eigenvalue weighted by atomic mass is 9.82. The predicted octanol–water partition coefficient (Wildman–Crippen LogP) is 2.00. The zero-order valence-electron chi connectivity index (χ0n) is 11.8. The number of aliphatic carboxylic acids is 1. The third-order valence-electron chi connectivity index (χ3n) is 4.34. The van der Waals surface area contributed by atoms with Gasteiger partial charge in [-0.05, 0) is 29.7 Å². The average Bonchev–Trinajstić information content (AvgIpc) is 3.20. The number of rotatable bonds is 4. The molecule has 0 radical (unpaired) electrons. The Morgan fingerprint density at radius 2 is 1.95 bits per heavy atom. The van der Waals surface area contributed by atoms with E-state index >= 15 is 0 Å². The zero-order valence-corrected chi connectivity index (χ0v) is 12.6. The van der Waals surface area contributed by atoms with E-state index in [1.54, 1.807) is 11.4 Å². The Morgan fingerprint density at radius 3 is 2.59 bits per heavy atom. The number of thiophene rings is 1. The van der Waals surface area contributed by atoms with Crippen molar-refractivity contribution in [3.63, 3.8) is 0 Å². The molecular weight excluding hydrogens is 306 g/mol. The molecule has 1 aromatic heterocycles. The lowest BCUT2D eigenvalue weighted by Crippen LogP contribution is -2.36. The first-order valence-electron chi connectivity index (χ1n) is 6.90. The predicted molar refractivity (Wildman–Crippen MR) is 79.6 cm³/mol. The largest absolute Gasteiger partial charge is 0.481 e. The van der Waals surface area contributed by atoms with Crippen LogP contribution in [-0.4, -0.2) is 30.1 Å². The summed E-state index contributed by atoms with van der Waals surface area (Å²) in [6.45, 7) is 0. The molecular formula is C15H15NO5S. The number of hydrogen-bond acceptors (Lipinski definition) is 5. The lowest BCUT2D eigenvalue weighted by Gasteiger charge is -2.23. The molecule has 3 rings (SSSR count). The van der Waals surface area contributed by atoms with Crippen molar-refractivity contribution in [3.05, 3.63) is 28.5 Å². The van der Waals surface area contributed by atoms with E-state index in [4.69, 9.17) is 0 Å². The number of carbonyl (C=O) groups excluding carboxylic acids is 2. The van der Waals surface area contributed by atoms with Gasteiger partial charge < -0.3 is 15.2 Å². The van der Waals surface area contributed by atoms with E-state index in [1.807, 2.05) is 12.2 Å². The van der Waals surface area contributed by atoms with E-state index in [0.717, 1.165) is 0 Å². The molecule has 7 heteroatoms. The van der Waals surface area contributed by atoms with Crippen molar-refractivity contribution in [2.75, 3.05) is 12.4 Å². The minimum atomic E-state index is -0.949. The van der Waals surface area contributed by atoms with Gasteiger partial charge in [0.25, 0.3) is 0 Å². The molecule has 22 heavy (non-hydrogen) atoms. The summed E-state index contributed by atoms with van der Waals surface area (Å²) in [7, 11) is 1.27. The van der Waals surface area contributed by atoms with Crippen molar-refractivity contribution in [2.45, 2.75) is 6.42 Å². The number of ether oxygens (including phenoxy) is 1. The van der Waals surface area contributed by atoms with Gasteiger partial charge >= 0.3 is 11.9 Å². The SMILES string of the molecule is COC(=O)c1sccc1NC(=O)[C@@H]1[C@@H](C(=O)O)[C@H]2C=C[C@@H]1C2. The normalized spacial score (nSPS) is 28.6. The van der Waals surface area contributed by atoms with Crippen LogP contribution in [0.4, 0.5) is 5.69 Å². The first-order valence-corrected chi connectivity index (χ1v) is 7.78. The number of allylic oxidation sites excluding steroid dienone is 2. The number of carbonyl (C=O) groups is 3. The van der Waals surface area contributed by atoms with Crippen LogP contribution in [0.3, 0.4) is 0 Å². The van der Waals surface area contributed by atoms with Crippen molar-refractivity contribution in [3.8, 4) is 0 Å². The van der Waals surface area contributed by atoms with Crippen LogP contribution in [0, 0.1) is 23.7 Å². The highest BCUT2D eigenvalue weighted by atomic mass is 32.1. The topological polar surface area (TPSA) is 92.7 Å². The number of fused-ring (bicyclic) bond motifs is 2. The third-order valence-corrected chi connectivity index (χ3v) is 5.24. The Labute approximate surface area is 130 Å². The minimum absolute atomic E-state index is 0.0497. The van der Waals surface area contributed by atoms with E-state index in [-0.39, 0.29) is 17.7 Å². The van der Waals surface area contributed by atoms with Crippen LogP contribution < -0.4 is 5.32 Å². The summed E-state index contributed by atoms with van der Waals surface area (Å²) in [6, 6.07) is 1.62. The van der Waals surface area contributed by atoms with Gasteiger partial charge in [0.15, 0.2) is 0 Å². The molecule has 1 heterocycles. The molecule has 2 aliphatic carbocycles. The van der Waals surface area contributed by atoms with Gasteiger partial charge in [0.1, 0.15) is 4.88 Å². The Balaban J connectivity index is 1.80. The summed E-state index contributed by atoms with van der Waals surface area (Å²) in [5.41, 5.74) is 0.373. The highest BCUT2D eigenvalue weighted by Crippen LogP contribution is 2.48. The molecule has 0 aliphatic heterocycles. The molecule has 2 bridgehead atoms. The standard InChI is InChI=1S/C15H15NO5S/c1-21-15(20)12-9(4-5-22-12)16-13(17)10-7-2-3-8(6-7)11(10)14(18)19/h2-5,7-8,10-11H,6H2,1H3,(H,16,17)(H,18,19)/t7-,8+,10+,11+/m1/s1. The van der Waals surface area contributed by atoms with E-state index in [0.29, 0.717) is 17.0 Å². The van der Waals surface area contributed by atoms with Gasteiger partial charge in [0.2, 0.25) is 5.91 Å². The molecule has 1 fully saturated rings. The minimum Gasteiger partial charge on any atom is -0.481 e. The number of methoxy groups -OCH3 is 1. The van der Waals surface area contributed by atoms with Gasteiger partial charge in [-0.25, -0.2) is 4.79 Å². The van der Waals surface area contributed by atoms with Crippen molar-refractivity contribution in [1.29, 1.82) is 0 Å². The Kier molecular flexibility index (Phi) is 3.74. The molecule has 2 aliphatic rings. The second-order valence-electron chi connectivity index (χ2n) is 5.48. The van der Waals surface area contributed by atoms with E-state index < -0.39 is 23.8 Å². The molecule has 0 unspecified atom stereocenters.